The van der Waals surface area contributed by atoms with E-state index in [0.29, 0.717) is 14.5 Å². The molecule has 0 unspecified atom stereocenters. The van der Waals surface area contributed by atoms with E-state index >= 15 is 0 Å². The summed E-state index contributed by atoms with van der Waals surface area (Å²) in [4.78, 5) is 0. The van der Waals surface area contributed by atoms with E-state index in [1.165, 1.54) is 0 Å². The molecule has 106 valence electrons. The van der Waals surface area contributed by atoms with Crippen molar-refractivity contribution >= 4 is 47.8 Å². The highest BCUT2D eigenvalue weighted by Gasteiger charge is 2.31. The third-order valence-corrected chi connectivity index (χ3v) is 5.83. The highest BCUT2D eigenvalue weighted by molar-refractivity contribution is 9.11. The van der Waals surface area contributed by atoms with Crippen molar-refractivity contribution in [3.05, 3.63) is 25.0 Å². The van der Waals surface area contributed by atoms with E-state index in [4.69, 9.17) is 5.73 Å². The van der Waals surface area contributed by atoms with Crippen LogP contribution >= 0.6 is 47.8 Å². The zero-order chi connectivity index (χ0) is 14.2. The Hall–Kier alpha value is 0.380. The molecule has 6 heteroatoms. The second kappa shape index (κ2) is 6.43. The molecule has 0 radical (unpaired) electrons. The van der Waals surface area contributed by atoms with Gasteiger partial charge in [0, 0.05) is 10.0 Å². The van der Waals surface area contributed by atoms with Crippen LogP contribution in [-0.2, 0) is 0 Å². The molecule has 3 nitrogen and oxygen atoms in total. The van der Waals surface area contributed by atoms with Crippen molar-refractivity contribution < 1.29 is 10.2 Å². The predicted octanol–water partition coefficient (Wildman–Crippen LogP) is 4.23. The summed E-state index contributed by atoms with van der Waals surface area (Å²) in [6, 6.07) is 1.22. The molecule has 0 saturated heterocycles. The molecule has 1 aliphatic rings. The number of aromatic hydroxyl groups is 1. The minimum absolute atomic E-state index is 0.104. The van der Waals surface area contributed by atoms with Gasteiger partial charge in [-0.15, -0.1) is 0 Å². The zero-order valence-electron chi connectivity index (χ0n) is 10.2. The van der Waals surface area contributed by atoms with Gasteiger partial charge in [-0.1, -0.05) is 28.8 Å². The summed E-state index contributed by atoms with van der Waals surface area (Å²) in [7, 11) is 0. The molecule has 2 atom stereocenters. The number of aliphatic hydroxyl groups excluding tert-OH is 1. The lowest BCUT2D eigenvalue weighted by atomic mass is 9.91. The first-order valence-electron chi connectivity index (χ1n) is 6.23. The van der Waals surface area contributed by atoms with Crippen LogP contribution in [-0.4, -0.2) is 16.3 Å². The molecular weight excluding hydrogens is 442 g/mol. The van der Waals surface area contributed by atoms with Crippen molar-refractivity contribution in [2.75, 3.05) is 0 Å². The van der Waals surface area contributed by atoms with Gasteiger partial charge in [0.1, 0.15) is 5.75 Å². The van der Waals surface area contributed by atoms with E-state index in [1.54, 1.807) is 6.07 Å². The maximum absolute atomic E-state index is 10.4. The summed E-state index contributed by atoms with van der Waals surface area (Å²) in [5, 5.41) is 20.4. The van der Waals surface area contributed by atoms with Gasteiger partial charge in [0.05, 0.1) is 21.1 Å². The second-order valence-electron chi connectivity index (χ2n) is 4.98. The van der Waals surface area contributed by atoms with E-state index in [9.17, 15) is 10.2 Å². The van der Waals surface area contributed by atoms with Gasteiger partial charge in [-0.3, -0.25) is 0 Å². The topological polar surface area (TPSA) is 66.5 Å². The van der Waals surface area contributed by atoms with Gasteiger partial charge >= 0.3 is 0 Å². The molecule has 1 aromatic carbocycles. The van der Waals surface area contributed by atoms with E-state index in [1.807, 2.05) is 0 Å². The number of aliphatic hydroxyl groups is 1. The summed E-state index contributed by atoms with van der Waals surface area (Å²) in [6.45, 7) is 0. The third kappa shape index (κ3) is 3.18. The third-order valence-electron chi connectivity index (χ3n) is 3.77. The lowest BCUT2D eigenvalue weighted by Gasteiger charge is -2.26. The largest absolute Gasteiger partial charge is 0.506 e. The highest BCUT2D eigenvalue weighted by atomic mass is 79.9. The zero-order valence-corrected chi connectivity index (χ0v) is 15.0. The SMILES string of the molecule is N[C@H](c1c(Br)cc(Br)c(O)c1Br)[C@@H](O)C1CCCC1. The molecule has 0 spiro atoms. The van der Waals surface area contributed by atoms with Crippen molar-refractivity contribution in [2.45, 2.75) is 37.8 Å². The number of nitrogens with two attached hydrogens (primary N) is 1. The van der Waals surface area contributed by atoms with Crippen molar-refractivity contribution in [2.24, 2.45) is 11.7 Å². The van der Waals surface area contributed by atoms with Gasteiger partial charge in [-0.05, 0) is 56.7 Å². The predicted molar refractivity (Wildman–Crippen MR) is 86.1 cm³/mol. The fraction of sp³-hybridized carbons (Fsp3) is 0.538. The van der Waals surface area contributed by atoms with E-state index in [0.717, 1.165) is 30.2 Å². The van der Waals surface area contributed by atoms with Crippen molar-refractivity contribution in [1.82, 2.24) is 0 Å². The molecule has 0 amide bonds. The van der Waals surface area contributed by atoms with Crippen LogP contribution < -0.4 is 5.73 Å². The lowest BCUT2D eigenvalue weighted by molar-refractivity contribution is 0.0840. The van der Waals surface area contributed by atoms with Crippen LogP contribution in [0.4, 0.5) is 0 Å². The molecule has 1 aliphatic carbocycles. The Morgan fingerprint density at radius 3 is 2.32 bits per heavy atom. The molecule has 19 heavy (non-hydrogen) atoms. The van der Waals surface area contributed by atoms with Gasteiger partial charge in [-0.25, -0.2) is 0 Å². The highest BCUT2D eigenvalue weighted by Crippen LogP contribution is 2.44. The Morgan fingerprint density at radius 2 is 1.74 bits per heavy atom. The van der Waals surface area contributed by atoms with Crippen molar-refractivity contribution in [1.29, 1.82) is 0 Å². The maximum atomic E-state index is 10.4. The van der Waals surface area contributed by atoms with Crippen LogP contribution in [0.25, 0.3) is 0 Å². The quantitative estimate of drug-likeness (QED) is 0.636. The van der Waals surface area contributed by atoms with Gasteiger partial charge in [0.15, 0.2) is 0 Å². The first-order chi connectivity index (χ1) is 8.93. The maximum Gasteiger partial charge on any atom is 0.144 e. The van der Waals surface area contributed by atoms with Crippen LogP contribution in [0, 0.1) is 5.92 Å². The van der Waals surface area contributed by atoms with E-state index in [2.05, 4.69) is 47.8 Å². The molecule has 1 fully saturated rings. The summed E-state index contributed by atoms with van der Waals surface area (Å²) in [6.07, 6.45) is 3.76. The Bertz CT molecular complexity index is 475. The Morgan fingerprint density at radius 1 is 1.16 bits per heavy atom. The van der Waals surface area contributed by atoms with Crippen LogP contribution in [0.15, 0.2) is 19.5 Å². The molecule has 0 aliphatic heterocycles. The summed E-state index contributed by atoms with van der Waals surface area (Å²) < 4.78 is 1.88. The van der Waals surface area contributed by atoms with Gasteiger partial charge < -0.3 is 15.9 Å². The molecule has 2 rings (SSSR count). The number of hydrogen-bond acceptors (Lipinski definition) is 3. The number of phenolic OH excluding ortho intramolecular Hbond substituents is 1. The number of benzene rings is 1. The van der Waals surface area contributed by atoms with Gasteiger partial charge in [0.2, 0.25) is 0 Å². The Balaban J connectivity index is 2.32. The first kappa shape index (κ1) is 15.8. The van der Waals surface area contributed by atoms with Crippen LogP contribution in [0.5, 0.6) is 5.75 Å². The smallest absolute Gasteiger partial charge is 0.144 e. The fourth-order valence-corrected chi connectivity index (χ4v) is 5.31. The van der Waals surface area contributed by atoms with Crippen molar-refractivity contribution in [3.63, 3.8) is 0 Å². The number of halogens is 3. The molecule has 0 aromatic heterocycles. The normalized spacial score (nSPS) is 19.6. The Labute approximate surface area is 138 Å². The standard InChI is InChI=1S/C13H16Br3NO2/c14-7-5-8(15)13(19)10(16)9(7)11(17)12(18)6-3-1-2-4-6/h5-6,11-12,18-19H,1-4,17H2/t11-,12+/m1/s1. The number of rotatable bonds is 3. The van der Waals surface area contributed by atoms with E-state index in [-0.39, 0.29) is 11.7 Å². The second-order valence-corrected chi connectivity index (χ2v) is 7.48. The van der Waals surface area contributed by atoms with Gasteiger partial charge in [-0.2, -0.15) is 0 Å². The summed E-state index contributed by atoms with van der Waals surface area (Å²) >= 11 is 10.1. The van der Waals surface area contributed by atoms with Crippen LogP contribution in [0.3, 0.4) is 0 Å². The fourth-order valence-electron chi connectivity index (χ4n) is 2.66. The minimum Gasteiger partial charge on any atom is -0.506 e. The summed E-state index contributed by atoms with van der Waals surface area (Å²) in [5.74, 6) is 0.354. The Kier molecular flexibility index (Phi) is 5.34. The average molecular weight is 458 g/mol. The van der Waals surface area contributed by atoms with Crippen molar-refractivity contribution in [3.8, 4) is 5.75 Å². The number of hydrogen-bond donors (Lipinski definition) is 3. The average Bonchev–Trinajstić information content (AvgIpc) is 2.88. The number of phenols is 1. The molecule has 4 N–H and O–H groups in total. The molecule has 0 heterocycles. The summed E-state index contributed by atoms with van der Waals surface area (Å²) in [5.41, 5.74) is 6.91. The van der Waals surface area contributed by atoms with Gasteiger partial charge in [0.25, 0.3) is 0 Å². The minimum atomic E-state index is -0.587. The lowest BCUT2D eigenvalue weighted by Crippen LogP contribution is -2.32. The molecule has 0 bridgehead atoms. The monoisotopic (exact) mass is 455 g/mol. The van der Waals surface area contributed by atoms with Crippen LogP contribution in [0.2, 0.25) is 0 Å². The van der Waals surface area contributed by atoms with E-state index < -0.39 is 12.1 Å². The molecule has 1 aromatic rings. The molecule has 1 saturated carbocycles. The van der Waals surface area contributed by atoms with Crippen LogP contribution in [0.1, 0.15) is 37.3 Å². The molecular formula is C13H16Br3NO2. The first-order valence-corrected chi connectivity index (χ1v) is 8.61.